The smallest absolute Gasteiger partial charge is 0.273 e. The molecule has 0 saturated carbocycles. The Kier molecular flexibility index (Phi) is 4.33. The maximum Gasteiger partial charge on any atom is 0.273 e. The number of nitrogens with one attached hydrogen (secondary N) is 1. The predicted octanol–water partition coefficient (Wildman–Crippen LogP) is 4.09. The summed E-state index contributed by atoms with van der Waals surface area (Å²) in [6.45, 7) is 1.03. The number of imidazole rings is 1. The highest BCUT2D eigenvalue weighted by Gasteiger charge is 2.17. The molecule has 8 heteroatoms. The van der Waals surface area contributed by atoms with Crippen molar-refractivity contribution in [2.75, 3.05) is 25.6 Å². The number of carbonyl (C=O) groups excluding carboxylic acids is 1. The molecule has 0 atom stereocenters. The Bertz CT molecular complexity index is 1200. The Morgan fingerprint density at radius 2 is 1.93 bits per heavy atom. The van der Waals surface area contributed by atoms with Crippen LogP contribution in [0.4, 0.5) is 5.69 Å². The first kappa shape index (κ1) is 17.6. The number of carbonyl (C=O) groups is 1. The maximum atomic E-state index is 12.8. The van der Waals surface area contributed by atoms with E-state index in [1.54, 1.807) is 35.1 Å². The van der Waals surface area contributed by atoms with Crippen LogP contribution in [0.5, 0.6) is 17.2 Å². The number of anilines is 1. The highest BCUT2D eigenvalue weighted by atomic mass is 32.1. The van der Waals surface area contributed by atoms with E-state index in [0.29, 0.717) is 36.1 Å². The van der Waals surface area contributed by atoms with E-state index < -0.39 is 0 Å². The first-order chi connectivity index (χ1) is 14.2. The number of aromatic nitrogens is 2. The van der Waals surface area contributed by atoms with Crippen molar-refractivity contribution in [3.8, 4) is 28.5 Å². The number of fused-ring (bicyclic) bond motifs is 2. The van der Waals surface area contributed by atoms with Gasteiger partial charge in [0, 0.05) is 28.9 Å². The molecule has 0 radical (unpaired) electrons. The molecule has 0 aliphatic carbocycles. The van der Waals surface area contributed by atoms with E-state index in [1.807, 2.05) is 30.5 Å². The molecule has 1 aliphatic heterocycles. The van der Waals surface area contributed by atoms with Crippen molar-refractivity contribution in [3.05, 3.63) is 59.7 Å². The Morgan fingerprint density at radius 3 is 2.72 bits per heavy atom. The monoisotopic (exact) mass is 407 g/mol. The average molecular weight is 407 g/mol. The highest BCUT2D eigenvalue weighted by Crippen LogP contribution is 2.33. The Morgan fingerprint density at radius 1 is 1.14 bits per heavy atom. The van der Waals surface area contributed by atoms with Gasteiger partial charge in [0.05, 0.1) is 12.8 Å². The van der Waals surface area contributed by atoms with Crippen LogP contribution in [-0.4, -0.2) is 35.6 Å². The molecule has 1 N–H and O–H groups in total. The summed E-state index contributed by atoms with van der Waals surface area (Å²) in [5.74, 6) is 1.89. The Labute approximate surface area is 170 Å². The summed E-state index contributed by atoms with van der Waals surface area (Å²) in [4.78, 5) is 18.2. The molecular formula is C21H17N3O4S. The molecule has 7 nitrogen and oxygen atoms in total. The third-order valence-corrected chi connectivity index (χ3v) is 5.47. The lowest BCUT2D eigenvalue weighted by atomic mass is 10.2. The number of ether oxygens (including phenoxy) is 3. The zero-order chi connectivity index (χ0) is 19.8. The summed E-state index contributed by atoms with van der Waals surface area (Å²) in [5.41, 5.74) is 2.93. The van der Waals surface area contributed by atoms with Crippen molar-refractivity contribution in [3.63, 3.8) is 0 Å². The lowest BCUT2D eigenvalue weighted by Gasteiger charge is -2.18. The number of amides is 1. The van der Waals surface area contributed by atoms with E-state index in [2.05, 4.69) is 10.3 Å². The van der Waals surface area contributed by atoms with Crippen LogP contribution in [0.15, 0.2) is 54.0 Å². The van der Waals surface area contributed by atoms with Gasteiger partial charge in [-0.3, -0.25) is 9.20 Å². The van der Waals surface area contributed by atoms with Crippen molar-refractivity contribution in [1.29, 1.82) is 0 Å². The van der Waals surface area contributed by atoms with Crippen molar-refractivity contribution >= 4 is 27.9 Å². The summed E-state index contributed by atoms with van der Waals surface area (Å²) >= 11 is 1.42. The number of thiazole rings is 1. The first-order valence-electron chi connectivity index (χ1n) is 9.03. The van der Waals surface area contributed by atoms with Crippen LogP contribution in [-0.2, 0) is 0 Å². The van der Waals surface area contributed by atoms with Crippen LogP contribution in [0.25, 0.3) is 16.2 Å². The molecule has 146 valence electrons. The quantitative estimate of drug-likeness (QED) is 0.551. The van der Waals surface area contributed by atoms with E-state index >= 15 is 0 Å². The van der Waals surface area contributed by atoms with Crippen LogP contribution in [0.3, 0.4) is 0 Å². The molecule has 5 rings (SSSR count). The van der Waals surface area contributed by atoms with Gasteiger partial charge in [-0.05, 0) is 36.4 Å². The molecule has 4 aromatic rings. The number of benzene rings is 2. The normalized spacial score (nSPS) is 12.7. The largest absolute Gasteiger partial charge is 0.497 e. The predicted molar refractivity (Wildman–Crippen MR) is 110 cm³/mol. The third-order valence-electron chi connectivity index (χ3n) is 4.63. The number of rotatable bonds is 4. The molecule has 2 aromatic carbocycles. The summed E-state index contributed by atoms with van der Waals surface area (Å²) in [6.07, 6.45) is 1.87. The van der Waals surface area contributed by atoms with Gasteiger partial charge in [-0.1, -0.05) is 0 Å². The van der Waals surface area contributed by atoms with Gasteiger partial charge >= 0.3 is 0 Å². The number of nitrogens with zero attached hydrogens (tertiary/aromatic N) is 2. The lowest BCUT2D eigenvalue weighted by Crippen LogP contribution is -2.17. The van der Waals surface area contributed by atoms with Crippen LogP contribution in [0.1, 0.15) is 10.5 Å². The topological polar surface area (TPSA) is 74.1 Å². The standard InChI is InChI=1S/C21H17N3O4S/c1-26-15-5-2-13(3-6-15)16-11-24-17(12-29-21(24)23-16)20(25)22-14-4-7-18-19(10-14)28-9-8-27-18/h2-7,10-12H,8-9H2,1H3,(H,22,25). The minimum absolute atomic E-state index is 0.216. The molecule has 1 amide bonds. The minimum atomic E-state index is -0.216. The number of hydrogen-bond acceptors (Lipinski definition) is 6. The summed E-state index contributed by atoms with van der Waals surface area (Å²) in [6, 6.07) is 13.0. The van der Waals surface area contributed by atoms with E-state index in [4.69, 9.17) is 14.2 Å². The molecular weight excluding hydrogens is 390 g/mol. The van der Waals surface area contributed by atoms with E-state index in [9.17, 15) is 4.79 Å². The third kappa shape index (κ3) is 3.27. The first-order valence-corrected chi connectivity index (χ1v) is 9.91. The molecule has 0 bridgehead atoms. The molecule has 2 aromatic heterocycles. The van der Waals surface area contributed by atoms with Gasteiger partial charge in [0.15, 0.2) is 16.5 Å². The second-order valence-electron chi connectivity index (χ2n) is 6.44. The van der Waals surface area contributed by atoms with Crippen LogP contribution in [0, 0.1) is 0 Å². The summed E-state index contributed by atoms with van der Waals surface area (Å²) in [5, 5.41) is 4.72. The van der Waals surface area contributed by atoms with Gasteiger partial charge < -0.3 is 19.5 Å². The molecule has 0 spiro atoms. The van der Waals surface area contributed by atoms with Crippen molar-refractivity contribution in [1.82, 2.24) is 9.38 Å². The molecule has 29 heavy (non-hydrogen) atoms. The van der Waals surface area contributed by atoms with Gasteiger partial charge in [0.1, 0.15) is 24.7 Å². The van der Waals surface area contributed by atoms with Crippen molar-refractivity contribution < 1.29 is 19.0 Å². The fourth-order valence-corrected chi connectivity index (χ4v) is 4.02. The Hall–Kier alpha value is -3.52. The fourth-order valence-electron chi connectivity index (χ4n) is 3.16. The molecule has 0 unspecified atom stereocenters. The zero-order valence-electron chi connectivity index (χ0n) is 15.5. The zero-order valence-corrected chi connectivity index (χ0v) is 16.4. The molecule has 0 fully saturated rings. The van der Waals surface area contributed by atoms with Crippen molar-refractivity contribution in [2.24, 2.45) is 0 Å². The van der Waals surface area contributed by atoms with E-state index in [0.717, 1.165) is 22.0 Å². The second-order valence-corrected chi connectivity index (χ2v) is 7.28. The minimum Gasteiger partial charge on any atom is -0.497 e. The second kappa shape index (κ2) is 7.14. The van der Waals surface area contributed by atoms with Crippen LogP contribution < -0.4 is 19.5 Å². The van der Waals surface area contributed by atoms with Gasteiger partial charge in [0.2, 0.25) is 0 Å². The lowest BCUT2D eigenvalue weighted by molar-refractivity contribution is 0.102. The SMILES string of the molecule is COc1ccc(-c2cn3c(C(=O)Nc4ccc5c(c4)OCCO5)csc3n2)cc1. The average Bonchev–Trinajstić information content (AvgIpc) is 3.34. The number of hydrogen-bond donors (Lipinski definition) is 1. The Balaban J connectivity index is 1.41. The van der Waals surface area contributed by atoms with Crippen LogP contribution >= 0.6 is 11.3 Å². The maximum absolute atomic E-state index is 12.8. The van der Waals surface area contributed by atoms with Gasteiger partial charge in [0.25, 0.3) is 5.91 Å². The number of methoxy groups -OCH3 is 1. The van der Waals surface area contributed by atoms with Gasteiger partial charge in [-0.2, -0.15) is 0 Å². The van der Waals surface area contributed by atoms with E-state index in [-0.39, 0.29) is 5.91 Å². The summed E-state index contributed by atoms with van der Waals surface area (Å²) in [7, 11) is 1.63. The molecule has 3 heterocycles. The van der Waals surface area contributed by atoms with Crippen molar-refractivity contribution in [2.45, 2.75) is 0 Å². The molecule has 0 saturated heterocycles. The highest BCUT2D eigenvalue weighted by molar-refractivity contribution is 7.15. The van der Waals surface area contributed by atoms with Gasteiger partial charge in [-0.15, -0.1) is 11.3 Å². The molecule has 1 aliphatic rings. The van der Waals surface area contributed by atoms with Gasteiger partial charge in [-0.25, -0.2) is 4.98 Å². The van der Waals surface area contributed by atoms with Crippen LogP contribution in [0.2, 0.25) is 0 Å². The van der Waals surface area contributed by atoms with E-state index in [1.165, 1.54) is 11.3 Å². The fraction of sp³-hybridized carbons (Fsp3) is 0.143. The summed E-state index contributed by atoms with van der Waals surface area (Å²) < 4.78 is 18.1.